The predicted octanol–water partition coefficient (Wildman–Crippen LogP) is 4.54. The Hall–Kier alpha value is -2.18. The zero-order valence-electron chi connectivity index (χ0n) is 15.2. The molecule has 27 heavy (non-hydrogen) atoms. The summed E-state index contributed by atoms with van der Waals surface area (Å²) in [6.07, 6.45) is 5.65. The van der Waals surface area contributed by atoms with Crippen LogP contribution in [-0.2, 0) is 6.54 Å². The molecule has 140 valence electrons. The van der Waals surface area contributed by atoms with E-state index in [1.54, 1.807) is 0 Å². The number of aromatic nitrogens is 2. The van der Waals surface area contributed by atoms with Crippen molar-refractivity contribution in [3.8, 4) is 0 Å². The maximum atomic E-state index is 12.8. The molecule has 1 aromatic heterocycles. The second kappa shape index (κ2) is 8.23. The number of amides is 1. The smallest absolute Gasteiger partial charge is 0.257 e. The van der Waals surface area contributed by atoms with Crippen molar-refractivity contribution >= 4 is 38.4 Å². The number of nitrogens with zero attached hydrogens (tertiary/aromatic N) is 3. The minimum Gasteiger partial charge on any atom is -0.305 e. The molecule has 2 aromatic carbocycles. The third kappa shape index (κ3) is 4.22. The standard InChI is InChI=1S/C21H23BrN4O/c22-18-9-4-7-16-6-3-8-17(20(16)18)21(27)23-19-10-15-26(24-19)14-5-13-25-11-1-2-12-25/h3-4,6-10,15H,1-2,5,11-14H2,(H,23,24,27). The van der Waals surface area contributed by atoms with Crippen molar-refractivity contribution in [1.82, 2.24) is 14.7 Å². The lowest BCUT2D eigenvalue weighted by molar-refractivity contribution is 0.102. The number of fused-ring (bicyclic) bond motifs is 1. The molecule has 1 amide bonds. The molecule has 0 spiro atoms. The van der Waals surface area contributed by atoms with E-state index < -0.39 is 0 Å². The van der Waals surface area contributed by atoms with Gasteiger partial charge in [-0.1, -0.05) is 40.2 Å². The Labute approximate surface area is 167 Å². The van der Waals surface area contributed by atoms with Gasteiger partial charge in [0.25, 0.3) is 5.91 Å². The normalized spacial score (nSPS) is 14.7. The van der Waals surface area contributed by atoms with Crippen LogP contribution in [0.5, 0.6) is 0 Å². The van der Waals surface area contributed by atoms with Crippen molar-refractivity contribution in [2.75, 3.05) is 25.0 Å². The number of benzene rings is 2. The van der Waals surface area contributed by atoms with Crippen LogP contribution in [0.3, 0.4) is 0 Å². The van der Waals surface area contributed by atoms with Crippen LogP contribution in [-0.4, -0.2) is 40.2 Å². The highest BCUT2D eigenvalue weighted by molar-refractivity contribution is 9.10. The fourth-order valence-electron chi connectivity index (χ4n) is 3.68. The Bertz CT molecular complexity index is 941. The zero-order valence-corrected chi connectivity index (χ0v) is 16.8. The SMILES string of the molecule is O=C(Nc1ccn(CCCN2CCCC2)n1)c1cccc2cccc(Br)c12. The summed E-state index contributed by atoms with van der Waals surface area (Å²) in [7, 11) is 0. The number of aryl methyl sites for hydroxylation is 1. The molecule has 0 bridgehead atoms. The topological polar surface area (TPSA) is 50.2 Å². The molecule has 5 nitrogen and oxygen atoms in total. The third-order valence-electron chi connectivity index (χ3n) is 5.04. The van der Waals surface area contributed by atoms with E-state index in [0.717, 1.165) is 34.8 Å². The number of halogens is 1. The first-order chi connectivity index (χ1) is 13.2. The first-order valence-corrected chi connectivity index (χ1v) is 10.2. The molecule has 1 N–H and O–H groups in total. The Morgan fingerprint density at radius 2 is 1.85 bits per heavy atom. The van der Waals surface area contributed by atoms with Crippen molar-refractivity contribution in [3.63, 3.8) is 0 Å². The second-order valence-corrected chi connectivity index (χ2v) is 7.82. The molecule has 3 aromatic rings. The molecule has 0 saturated carbocycles. The highest BCUT2D eigenvalue weighted by Crippen LogP contribution is 2.27. The number of rotatable bonds is 6. The van der Waals surface area contributed by atoms with Crippen LogP contribution in [0.2, 0.25) is 0 Å². The van der Waals surface area contributed by atoms with Gasteiger partial charge in [0.1, 0.15) is 0 Å². The van der Waals surface area contributed by atoms with Gasteiger partial charge >= 0.3 is 0 Å². The van der Waals surface area contributed by atoms with Crippen molar-refractivity contribution in [3.05, 3.63) is 58.7 Å². The maximum Gasteiger partial charge on any atom is 0.257 e. The van der Waals surface area contributed by atoms with E-state index >= 15 is 0 Å². The van der Waals surface area contributed by atoms with Crippen LogP contribution in [0.15, 0.2) is 53.1 Å². The highest BCUT2D eigenvalue weighted by Gasteiger charge is 2.14. The van der Waals surface area contributed by atoms with Crippen LogP contribution in [0.4, 0.5) is 5.82 Å². The van der Waals surface area contributed by atoms with E-state index in [0.29, 0.717) is 11.4 Å². The molecule has 1 fully saturated rings. The lowest BCUT2D eigenvalue weighted by Gasteiger charge is -2.13. The van der Waals surface area contributed by atoms with Gasteiger partial charge in [0.2, 0.25) is 0 Å². The maximum absolute atomic E-state index is 12.8. The molecule has 1 aliphatic rings. The minimum atomic E-state index is -0.144. The van der Waals surface area contributed by atoms with Crippen LogP contribution >= 0.6 is 15.9 Å². The average Bonchev–Trinajstić information content (AvgIpc) is 3.34. The van der Waals surface area contributed by atoms with Gasteiger partial charge in [-0.25, -0.2) is 0 Å². The molecule has 0 radical (unpaired) electrons. The molecule has 0 aliphatic carbocycles. The minimum absolute atomic E-state index is 0.144. The van der Waals surface area contributed by atoms with E-state index in [4.69, 9.17) is 0 Å². The fourth-order valence-corrected chi connectivity index (χ4v) is 4.28. The van der Waals surface area contributed by atoms with Gasteiger partial charge in [-0.15, -0.1) is 0 Å². The van der Waals surface area contributed by atoms with Crippen molar-refractivity contribution in [2.45, 2.75) is 25.8 Å². The molecular formula is C21H23BrN4O. The van der Waals surface area contributed by atoms with E-state index in [1.807, 2.05) is 53.3 Å². The Kier molecular flexibility index (Phi) is 5.55. The summed E-state index contributed by atoms with van der Waals surface area (Å²) >= 11 is 3.56. The average molecular weight is 427 g/mol. The number of nitrogens with one attached hydrogen (secondary N) is 1. The number of carbonyl (C=O) groups is 1. The lowest BCUT2D eigenvalue weighted by atomic mass is 10.0. The summed E-state index contributed by atoms with van der Waals surface area (Å²) in [5, 5.41) is 9.38. The summed E-state index contributed by atoms with van der Waals surface area (Å²) in [5.41, 5.74) is 0.642. The van der Waals surface area contributed by atoms with E-state index in [2.05, 4.69) is 31.2 Å². The number of hydrogen-bond acceptors (Lipinski definition) is 3. The zero-order chi connectivity index (χ0) is 18.6. The molecular weight excluding hydrogens is 404 g/mol. The summed E-state index contributed by atoms with van der Waals surface area (Å²) < 4.78 is 2.82. The first kappa shape index (κ1) is 18.2. The molecule has 4 rings (SSSR count). The first-order valence-electron chi connectivity index (χ1n) is 9.45. The highest BCUT2D eigenvalue weighted by atomic mass is 79.9. The van der Waals surface area contributed by atoms with Crippen molar-refractivity contribution in [2.24, 2.45) is 0 Å². The molecule has 6 heteroatoms. The molecule has 1 saturated heterocycles. The Balaban J connectivity index is 1.41. The van der Waals surface area contributed by atoms with Crippen LogP contribution in [0, 0.1) is 0 Å². The monoisotopic (exact) mass is 426 g/mol. The lowest BCUT2D eigenvalue weighted by Crippen LogP contribution is -2.21. The van der Waals surface area contributed by atoms with Gasteiger partial charge in [0.05, 0.1) is 0 Å². The number of hydrogen-bond donors (Lipinski definition) is 1. The fraction of sp³-hybridized carbons (Fsp3) is 0.333. The largest absolute Gasteiger partial charge is 0.305 e. The van der Waals surface area contributed by atoms with Crippen molar-refractivity contribution in [1.29, 1.82) is 0 Å². The van der Waals surface area contributed by atoms with Gasteiger partial charge in [-0.2, -0.15) is 5.10 Å². The van der Waals surface area contributed by atoms with E-state index in [1.165, 1.54) is 25.9 Å². The van der Waals surface area contributed by atoms with Crippen LogP contribution in [0.1, 0.15) is 29.6 Å². The van der Waals surface area contributed by atoms with Gasteiger partial charge in [0.15, 0.2) is 5.82 Å². The Morgan fingerprint density at radius 1 is 1.07 bits per heavy atom. The van der Waals surface area contributed by atoms with Crippen LogP contribution < -0.4 is 5.32 Å². The summed E-state index contributed by atoms with van der Waals surface area (Å²) in [6.45, 7) is 4.43. The quantitative estimate of drug-likeness (QED) is 0.629. The molecule has 0 unspecified atom stereocenters. The number of anilines is 1. The number of likely N-dealkylation sites (tertiary alicyclic amines) is 1. The summed E-state index contributed by atoms with van der Waals surface area (Å²) in [6, 6.07) is 13.5. The predicted molar refractivity (Wildman–Crippen MR) is 112 cm³/mol. The van der Waals surface area contributed by atoms with E-state index in [9.17, 15) is 4.79 Å². The summed E-state index contributed by atoms with van der Waals surface area (Å²) in [5.74, 6) is 0.444. The summed E-state index contributed by atoms with van der Waals surface area (Å²) in [4.78, 5) is 15.3. The Morgan fingerprint density at radius 3 is 2.67 bits per heavy atom. The van der Waals surface area contributed by atoms with Gasteiger partial charge in [-0.3, -0.25) is 9.48 Å². The molecule has 0 atom stereocenters. The van der Waals surface area contributed by atoms with E-state index in [-0.39, 0.29) is 5.91 Å². The van der Waals surface area contributed by atoms with Gasteiger partial charge in [-0.05, 0) is 56.4 Å². The van der Waals surface area contributed by atoms with Crippen LogP contribution in [0.25, 0.3) is 10.8 Å². The van der Waals surface area contributed by atoms with Gasteiger partial charge < -0.3 is 10.2 Å². The third-order valence-corrected chi connectivity index (χ3v) is 5.70. The van der Waals surface area contributed by atoms with Gasteiger partial charge in [0, 0.05) is 34.2 Å². The second-order valence-electron chi connectivity index (χ2n) is 6.96. The van der Waals surface area contributed by atoms with Crippen molar-refractivity contribution < 1.29 is 4.79 Å². The molecule has 1 aliphatic heterocycles. The molecule has 2 heterocycles. The number of carbonyl (C=O) groups excluding carboxylic acids is 1.